The summed E-state index contributed by atoms with van der Waals surface area (Å²) in [7, 11) is 1.73. The molecule has 1 aromatic carbocycles. The van der Waals surface area contributed by atoms with Crippen molar-refractivity contribution in [3.8, 4) is 11.4 Å². The minimum atomic E-state index is 0.101. The quantitative estimate of drug-likeness (QED) is 0.692. The van der Waals surface area contributed by atoms with Crippen molar-refractivity contribution in [1.29, 1.82) is 0 Å². The van der Waals surface area contributed by atoms with Gasteiger partial charge < -0.3 is 9.47 Å². The lowest BCUT2D eigenvalue weighted by atomic mass is 9.98. The number of nitrogens with zero attached hydrogens (tertiary/aromatic N) is 7. The largest absolute Gasteiger partial charge is 0.337 e. The average Bonchev–Trinajstić information content (AvgIpc) is 3.38. The minimum Gasteiger partial charge on any atom is -0.337 e. The van der Waals surface area contributed by atoms with Gasteiger partial charge in [0.25, 0.3) is 5.91 Å². The Balaban J connectivity index is 1.46. The normalized spacial score (nSPS) is 17.2. The highest BCUT2D eigenvalue weighted by atomic mass is 16.2. The molecule has 3 heterocycles. The first-order valence-electron chi connectivity index (χ1n) is 9.32. The van der Waals surface area contributed by atoms with Crippen LogP contribution in [-0.2, 0) is 13.6 Å². The second kappa shape index (κ2) is 7.69. The highest BCUT2D eigenvalue weighted by Crippen LogP contribution is 2.23. The Morgan fingerprint density at radius 3 is 2.78 bits per heavy atom. The van der Waals surface area contributed by atoms with Crippen molar-refractivity contribution in [2.45, 2.75) is 38.3 Å². The number of hydrogen-bond acceptors (Lipinski definition) is 5. The molecule has 1 atom stereocenters. The smallest absolute Gasteiger partial charge is 0.254 e. The molecule has 0 radical (unpaired) electrons. The summed E-state index contributed by atoms with van der Waals surface area (Å²) < 4.78 is 2.07. The van der Waals surface area contributed by atoms with Crippen molar-refractivity contribution >= 4 is 5.91 Å². The second-order valence-electron chi connectivity index (χ2n) is 6.92. The number of benzene rings is 1. The summed E-state index contributed by atoms with van der Waals surface area (Å²) in [5, 5.41) is 12.1. The molecule has 3 aromatic rings. The Morgan fingerprint density at radius 1 is 1.22 bits per heavy atom. The molecule has 4 rings (SSSR count). The molecule has 1 amide bonds. The first-order chi connectivity index (χ1) is 13.2. The number of carbonyl (C=O) groups is 1. The summed E-state index contributed by atoms with van der Waals surface area (Å²) in [4.78, 5) is 20.6. The molecule has 1 aliphatic heterocycles. The van der Waals surface area contributed by atoms with E-state index < -0.39 is 0 Å². The Morgan fingerprint density at radius 2 is 2.07 bits per heavy atom. The van der Waals surface area contributed by atoms with Gasteiger partial charge in [-0.15, -0.1) is 10.2 Å². The van der Waals surface area contributed by atoms with E-state index in [1.807, 2.05) is 41.7 Å². The molecule has 0 bridgehead atoms. The van der Waals surface area contributed by atoms with E-state index in [1.165, 1.54) is 11.2 Å². The Bertz CT molecular complexity index is 885. The van der Waals surface area contributed by atoms with E-state index >= 15 is 0 Å². The molecule has 1 saturated heterocycles. The van der Waals surface area contributed by atoms with E-state index in [-0.39, 0.29) is 11.9 Å². The van der Waals surface area contributed by atoms with Crippen LogP contribution in [0.2, 0.25) is 0 Å². The molecule has 0 spiro atoms. The minimum absolute atomic E-state index is 0.101. The number of rotatable bonds is 5. The fourth-order valence-electron chi connectivity index (χ4n) is 3.61. The zero-order chi connectivity index (χ0) is 18.6. The van der Waals surface area contributed by atoms with E-state index in [0.717, 1.165) is 37.9 Å². The van der Waals surface area contributed by atoms with Crippen molar-refractivity contribution in [2.75, 3.05) is 6.54 Å². The lowest BCUT2D eigenvalue weighted by Crippen LogP contribution is -2.44. The molecule has 0 unspecified atom stereocenters. The van der Waals surface area contributed by atoms with Crippen LogP contribution in [0.1, 0.15) is 36.0 Å². The van der Waals surface area contributed by atoms with Gasteiger partial charge in [0.1, 0.15) is 0 Å². The van der Waals surface area contributed by atoms with Crippen LogP contribution >= 0.6 is 0 Å². The third-order valence-electron chi connectivity index (χ3n) is 5.07. The number of amides is 1. The molecular formula is C19H23N7O. The first kappa shape index (κ1) is 17.4. The van der Waals surface area contributed by atoms with Crippen LogP contribution in [-0.4, -0.2) is 53.2 Å². The summed E-state index contributed by atoms with van der Waals surface area (Å²) >= 11 is 0. The van der Waals surface area contributed by atoms with Crippen molar-refractivity contribution in [3.05, 3.63) is 48.5 Å². The molecule has 1 aliphatic rings. The lowest BCUT2D eigenvalue weighted by molar-refractivity contribution is 0.0595. The average molecular weight is 365 g/mol. The zero-order valence-corrected chi connectivity index (χ0v) is 15.4. The topological polar surface area (TPSA) is 81.7 Å². The van der Waals surface area contributed by atoms with E-state index in [0.29, 0.717) is 11.4 Å². The number of aryl methyl sites for hydroxylation is 2. The van der Waals surface area contributed by atoms with Crippen LogP contribution in [0.15, 0.2) is 43.0 Å². The fraction of sp³-hybridized carbons (Fsp3) is 0.421. The third kappa shape index (κ3) is 3.89. The van der Waals surface area contributed by atoms with Crippen molar-refractivity contribution in [2.24, 2.45) is 7.05 Å². The van der Waals surface area contributed by atoms with Gasteiger partial charge in [0.2, 0.25) is 5.82 Å². The Kier molecular flexibility index (Phi) is 4.95. The molecule has 1 fully saturated rings. The lowest BCUT2D eigenvalue weighted by Gasteiger charge is -2.36. The standard InChI is InChI=1S/C19H23N7O/c1-24-22-18(21-23-24)15-5-7-16(8-6-15)19(27)26-11-3-2-4-17(26)9-12-25-13-10-20-14-25/h5-8,10,13-14,17H,2-4,9,11-12H2,1H3/t17-/m0/s1. The Hall–Kier alpha value is -3.03. The van der Waals surface area contributed by atoms with Crippen LogP contribution in [0.5, 0.6) is 0 Å². The third-order valence-corrected chi connectivity index (χ3v) is 5.07. The van der Waals surface area contributed by atoms with Gasteiger partial charge in [-0.2, -0.15) is 4.80 Å². The number of carbonyl (C=O) groups excluding carboxylic acids is 1. The van der Waals surface area contributed by atoms with Gasteiger partial charge in [0.05, 0.1) is 13.4 Å². The first-order valence-corrected chi connectivity index (χ1v) is 9.32. The number of tetrazole rings is 1. The summed E-state index contributed by atoms with van der Waals surface area (Å²) in [6.07, 6.45) is 9.83. The van der Waals surface area contributed by atoms with Gasteiger partial charge in [-0.3, -0.25) is 4.79 Å². The van der Waals surface area contributed by atoms with Crippen molar-refractivity contribution in [3.63, 3.8) is 0 Å². The van der Waals surface area contributed by atoms with E-state index in [2.05, 4.69) is 25.0 Å². The number of likely N-dealkylation sites (tertiary alicyclic amines) is 1. The van der Waals surface area contributed by atoms with E-state index in [9.17, 15) is 4.79 Å². The number of imidazole rings is 1. The van der Waals surface area contributed by atoms with Gasteiger partial charge in [-0.25, -0.2) is 4.98 Å². The molecular weight excluding hydrogens is 342 g/mol. The van der Waals surface area contributed by atoms with Crippen LogP contribution in [0.25, 0.3) is 11.4 Å². The van der Waals surface area contributed by atoms with Crippen LogP contribution < -0.4 is 0 Å². The second-order valence-corrected chi connectivity index (χ2v) is 6.92. The molecule has 0 N–H and O–H groups in total. The van der Waals surface area contributed by atoms with Crippen LogP contribution in [0.4, 0.5) is 0 Å². The molecule has 2 aromatic heterocycles. The summed E-state index contributed by atoms with van der Waals surface area (Å²) in [5.41, 5.74) is 1.56. The number of hydrogen-bond donors (Lipinski definition) is 0. The SMILES string of the molecule is Cn1nnc(-c2ccc(C(=O)N3CCCC[C@H]3CCn3ccnc3)cc2)n1. The monoisotopic (exact) mass is 365 g/mol. The van der Waals surface area contributed by atoms with Gasteiger partial charge in [-0.1, -0.05) is 12.1 Å². The van der Waals surface area contributed by atoms with Gasteiger partial charge in [0, 0.05) is 42.7 Å². The molecule has 8 nitrogen and oxygen atoms in total. The fourth-order valence-corrected chi connectivity index (χ4v) is 3.61. The molecule has 140 valence electrons. The maximum Gasteiger partial charge on any atom is 0.254 e. The van der Waals surface area contributed by atoms with Crippen LogP contribution in [0, 0.1) is 0 Å². The predicted molar refractivity (Wildman–Crippen MR) is 99.8 cm³/mol. The molecule has 0 aliphatic carbocycles. The van der Waals surface area contributed by atoms with Gasteiger partial charge in [0.15, 0.2) is 0 Å². The summed E-state index contributed by atoms with van der Waals surface area (Å²) in [5.74, 6) is 0.664. The van der Waals surface area contributed by atoms with Gasteiger partial charge >= 0.3 is 0 Å². The van der Waals surface area contributed by atoms with Crippen molar-refractivity contribution in [1.82, 2.24) is 34.7 Å². The van der Waals surface area contributed by atoms with Gasteiger partial charge in [-0.05, 0) is 43.0 Å². The molecule has 0 saturated carbocycles. The summed E-state index contributed by atoms with van der Waals surface area (Å²) in [6.45, 7) is 1.70. The highest BCUT2D eigenvalue weighted by Gasteiger charge is 2.27. The van der Waals surface area contributed by atoms with E-state index in [4.69, 9.17) is 0 Å². The maximum atomic E-state index is 13.1. The van der Waals surface area contributed by atoms with Crippen molar-refractivity contribution < 1.29 is 4.79 Å². The Labute approximate surface area is 157 Å². The number of aromatic nitrogens is 6. The van der Waals surface area contributed by atoms with E-state index in [1.54, 1.807) is 13.2 Å². The zero-order valence-electron chi connectivity index (χ0n) is 15.4. The maximum absolute atomic E-state index is 13.1. The highest BCUT2D eigenvalue weighted by molar-refractivity contribution is 5.94. The molecule has 27 heavy (non-hydrogen) atoms. The number of piperidine rings is 1. The van der Waals surface area contributed by atoms with Crippen LogP contribution in [0.3, 0.4) is 0 Å². The predicted octanol–water partition coefficient (Wildman–Crippen LogP) is 2.16. The molecule has 8 heteroatoms. The summed E-state index contributed by atoms with van der Waals surface area (Å²) in [6, 6.07) is 7.75.